The molecule has 0 amide bonds. The van der Waals surface area contributed by atoms with Gasteiger partial charge in [0.1, 0.15) is 0 Å². The van der Waals surface area contributed by atoms with Crippen molar-refractivity contribution in [2.75, 3.05) is 0 Å². The SMILES string of the molecule is [B-].[B-].[CH]1[CH][CH][CH][CH]1.[Dy+3]. The summed E-state index contributed by atoms with van der Waals surface area (Å²) in [5.74, 6) is 0. The Bertz CT molecular complexity index is 22.0. The molecular formula is C5H5B2Dy+. The van der Waals surface area contributed by atoms with Crippen molar-refractivity contribution in [3.05, 3.63) is 32.1 Å². The average molecular weight is 249 g/mol. The Labute approximate surface area is 86.4 Å². The molecule has 1 fully saturated rings. The van der Waals surface area contributed by atoms with Gasteiger partial charge in [0, 0.05) is 0 Å². The van der Waals surface area contributed by atoms with Gasteiger partial charge in [-0.25, -0.2) is 0 Å². The minimum absolute atomic E-state index is 0. The molecule has 0 nitrogen and oxygen atoms in total. The molecule has 1 aliphatic rings. The van der Waals surface area contributed by atoms with Crippen molar-refractivity contribution in [2.24, 2.45) is 0 Å². The summed E-state index contributed by atoms with van der Waals surface area (Å²) >= 11 is 0. The molecule has 3 heteroatoms. The van der Waals surface area contributed by atoms with E-state index in [1.165, 1.54) is 0 Å². The molecule has 0 heterocycles. The van der Waals surface area contributed by atoms with Gasteiger partial charge >= 0.3 is 38.2 Å². The zero-order chi connectivity index (χ0) is 3.54. The third-order valence-electron chi connectivity index (χ3n) is 0.556. The molecular weight excluding hydrogens is 244 g/mol. The van der Waals surface area contributed by atoms with Crippen molar-refractivity contribution in [2.45, 2.75) is 0 Å². The summed E-state index contributed by atoms with van der Waals surface area (Å²) in [4.78, 5) is 0. The van der Waals surface area contributed by atoms with E-state index >= 15 is 0 Å². The summed E-state index contributed by atoms with van der Waals surface area (Å²) in [6.45, 7) is 0. The summed E-state index contributed by atoms with van der Waals surface area (Å²) in [5.41, 5.74) is 0. The molecule has 0 saturated heterocycles. The van der Waals surface area contributed by atoms with Gasteiger partial charge in [0.25, 0.3) is 0 Å². The molecule has 40 valence electrons. The van der Waals surface area contributed by atoms with Crippen LogP contribution in [0.5, 0.6) is 0 Å². The molecule has 0 atom stereocenters. The molecule has 0 bridgehead atoms. The van der Waals surface area contributed by atoms with E-state index in [9.17, 15) is 0 Å². The maximum absolute atomic E-state index is 2.00. The van der Waals surface area contributed by atoms with Gasteiger partial charge in [-0.05, 0) is 32.1 Å². The first kappa shape index (κ1) is 16.2. The van der Waals surface area contributed by atoms with Crippen molar-refractivity contribution in [3.8, 4) is 0 Å². The molecule has 0 aromatic carbocycles. The number of hydrogen-bond acceptors (Lipinski definition) is 0. The van der Waals surface area contributed by atoms with Gasteiger partial charge in [-0.1, -0.05) is 0 Å². The maximum atomic E-state index is 2.00. The molecule has 0 N–H and O–H groups in total. The third-order valence-corrected chi connectivity index (χ3v) is 0.556. The Morgan fingerprint density at radius 3 is 0.750 bits per heavy atom. The van der Waals surface area contributed by atoms with Crippen LogP contribution in [0.3, 0.4) is 0 Å². The second-order valence-electron chi connectivity index (χ2n) is 0.962. The standard InChI is InChI=1S/C5H5.2B.Dy/c1-2-4-5-3-1;;;/h1-5H;;;/q;2*-1;+3. The summed E-state index contributed by atoms with van der Waals surface area (Å²) < 4.78 is 0. The molecule has 0 spiro atoms. The number of hydrogen-bond donors (Lipinski definition) is 0. The molecule has 1 rings (SSSR count). The smallest absolute Gasteiger partial charge is 1.00 e. The van der Waals surface area contributed by atoms with E-state index in [4.69, 9.17) is 0 Å². The Balaban J connectivity index is -0.0000000833. The van der Waals surface area contributed by atoms with Crippen LogP contribution in [-0.4, -0.2) is 16.8 Å². The fraction of sp³-hybridized carbons (Fsp3) is 0. The van der Waals surface area contributed by atoms with Gasteiger partial charge in [-0.3, -0.25) is 0 Å². The van der Waals surface area contributed by atoms with E-state index in [-0.39, 0.29) is 55.0 Å². The van der Waals surface area contributed by atoms with E-state index < -0.39 is 0 Å². The fourth-order valence-electron chi connectivity index (χ4n) is 0.321. The van der Waals surface area contributed by atoms with Crippen LogP contribution >= 0.6 is 0 Å². The van der Waals surface area contributed by atoms with E-state index in [0.717, 1.165) is 0 Å². The molecule has 1 saturated carbocycles. The predicted molar refractivity (Wildman–Crippen MR) is 33.0 cm³/mol. The monoisotopic (exact) mass is 251 g/mol. The summed E-state index contributed by atoms with van der Waals surface area (Å²) in [6, 6.07) is 0. The predicted octanol–water partition coefficient (Wildman–Crippen LogP) is 0.260. The van der Waals surface area contributed by atoms with E-state index in [1.54, 1.807) is 0 Å². The Kier molecular flexibility index (Phi) is 22.7. The van der Waals surface area contributed by atoms with Gasteiger partial charge in [-0.15, -0.1) is 0 Å². The molecule has 0 aromatic heterocycles. The van der Waals surface area contributed by atoms with Crippen molar-refractivity contribution in [3.63, 3.8) is 0 Å². The van der Waals surface area contributed by atoms with Gasteiger partial charge in [0.05, 0.1) is 0 Å². The van der Waals surface area contributed by atoms with E-state index in [1.807, 2.05) is 32.1 Å². The van der Waals surface area contributed by atoms with Crippen LogP contribution in [-0.2, 0) is 0 Å². The number of rotatable bonds is 0. The first-order chi connectivity index (χ1) is 2.50. The largest absolute Gasteiger partial charge is 3.00 e. The average Bonchev–Trinajstić information content (AvgIpc) is 1.76. The van der Waals surface area contributed by atoms with Crippen LogP contribution in [0.1, 0.15) is 0 Å². The molecule has 0 unspecified atom stereocenters. The summed E-state index contributed by atoms with van der Waals surface area (Å²) in [5, 5.41) is 0. The third kappa shape index (κ3) is 7.40. The summed E-state index contributed by atoms with van der Waals surface area (Å²) in [7, 11) is 0. The minimum atomic E-state index is 0. The molecule has 0 aromatic rings. The van der Waals surface area contributed by atoms with Crippen LogP contribution < -0.4 is 0 Å². The van der Waals surface area contributed by atoms with Gasteiger partial charge in [-0.2, -0.15) is 0 Å². The molecule has 8 heavy (non-hydrogen) atoms. The van der Waals surface area contributed by atoms with Crippen LogP contribution in [0.4, 0.5) is 0 Å². The first-order valence-corrected chi connectivity index (χ1v) is 1.67. The fourth-order valence-corrected chi connectivity index (χ4v) is 0.321. The van der Waals surface area contributed by atoms with Crippen LogP contribution in [0.15, 0.2) is 0 Å². The second-order valence-corrected chi connectivity index (χ2v) is 0.962. The first-order valence-electron chi connectivity index (χ1n) is 1.67. The minimum Gasteiger partial charge on any atom is -1.00 e. The second kappa shape index (κ2) is 11.2. The van der Waals surface area contributed by atoms with Crippen molar-refractivity contribution in [1.29, 1.82) is 0 Å². The van der Waals surface area contributed by atoms with Crippen molar-refractivity contribution in [1.82, 2.24) is 0 Å². The van der Waals surface area contributed by atoms with Crippen molar-refractivity contribution < 1.29 is 38.2 Å². The van der Waals surface area contributed by atoms with Gasteiger partial charge in [0.2, 0.25) is 0 Å². The Morgan fingerprint density at radius 1 is 0.500 bits per heavy atom. The Hall–Kier alpha value is 1.40. The topological polar surface area (TPSA) is 0 Å². The van der Waals surface area contributed by atoms with Crippen LogP contribution in [0.25, 0.3) is 0 Å². The zero-order valence-corrected chi connectivity index (χ0v) is 6.39. The zero-order valence-electron chi connectivity index (χ0n) is 4.36. The summed E-state index contributed by atoms with van der Waals surface area (Å²) in [6.07, 6.45) is 10.0. The maximum Gasteiger partial charge on any atom is 3.00 e. The van der Waals surface area contributed by atoms with Crippen LogP contribution in [0.2, 0.25) is 0 Å². The van der Waals surface area contributed by atoms with Gasteiger partial charge in [0.15, 0.2) is 0 Å². The molecule has 1 aliphatic carbocycles. The van der Waals surface area contributed by atoms with Gasteiger partial charge < -0.3 is 16.8 Å². The van der Waals surface area contributed by atoms with E-state index in [2.05, 4.69) is 0 Å². The Morgan fingerprint density at radius 2 is 0.625 bits per heavy atom. The van der Waals surface area contributed by atoms with Crippen molar-refractivity contribution >= 4 is 16.8 Å². The van der Waals surface area contributed by atoms with E-state index in [0.29, 0.717) is 0 Å². The normalized spacial score (nSPS) is 15.0. The molecule has 14 radical (unpaired) electrons. The van der Waals surface area contributed by atoms with Crippen LogP contribution in [0, 0.1) is 70.3 Å². The quantitative estimate of drug-likeness (QED) is 0.540. The molecule has 0 aliphatic heterocycles.